The molecule has 0 spiro atoms. The lowest BCUT2D eigenvalue weighted by molar-refractivity contribution is 0.134. The zero-order chi connectivity index (χ0) is 22.7. The van der Waals surface area contributed by atoms with E-state index in [1.807, 2.05) is 9.44 Å². The number of nitrogens with one attached hydrogen (secondary N) is 2. The van der Waals surface area contributed by atoms with Crippen LogP contribution >= 0.6 is 0 Å². The highest BCUT2D eigenvalue weighted by Crippen LogP contribution is 2.32. The Kier molecular flexibility index (Phi) is 5.79. The molecule has 0 aliphatic carbocycles. The predicted molar refractivity (Wildman–Crippen MR) is 107 cm³/mol. The molecule has 3 heterocycles. The van der Waals surface area contributed by atoms with Gasteiger partial charge in [-0.15, -0.1) is 0 Å². The van der Waals surface area contributed by atoms with Crippen LogP contribution in [0.5, 0.6) is 17.5 Å². The van der Waals surface area contributed by atoms with E-state index in [1.54, 1.807) is 12.1 Å². The van der Waals surface area contributed by atoms with Gasteiger partial charge in [0.15, 0.2) is 11.6 Å². The molecule has 32 heavy (non-hydrogen) atoms. The van der Waals surface area contributed by atoms with Gasteiger partial charge in [0, 0.05) is 30.4 Å². The van der Waals surface area contributed by atoms with Crippen molar-refractivity contribution in [2.75, 3.05) is 11.8 Å². The van der Waals surface area contributed by atoms with Gasteiger partial charge in [-0.2, -0.15) is 13.5 Å². The summed E-state index contributed by atoms with van der Waals surface area (Å²) in [5.41, 5.74) is 0.720. The van der Waals surface area contributed by atoms with E-state index in [-0.39, 0.29) is 30.4 Å². The highest BCUT2D eigenvalue weighted by molar-refractivity contribution is 7.90. The number of carbonyl (C=O) groups excluding carboxylic acids is 1. The smallest absolute Gasteiger partial charge is 0.415 e. The van der Waals surface area contributed by atoms with Gasteiger partial charge in [0.05, 0.1) is 25.5 Å². The zero-order valence-electron chi connectivity index (χ0n) is 16.5. The quantitative estimate of drug-likeness (QED) is 0.535. The average molecular weight is 461 g/mol. The maximum Gasteiger partial charge on any atom is 0.415 e. The summed E-state index contributed by atoms with van der Waals surface area (Å²) in [4.78, 5) is 21.3. The molecule has 1 aliphatic heterocycles. The number of hydrogen-bond donors (Lipinski definition) is 2. The van der Waals surface area contributed by atoms with Gasteiger partial charge in [0.1, 0.15) is 11.5 Å². The maximum atomic E-state index is 14.7. The van der Waals surface area contributed by atoms with Crippen molar-refractivity contribution < 1.29 is 27.1 Å². The normalized spacial score (nSPS) is 13.3. The highest BCUT2D eigenvalue weighted by Gasteiger charge is 2.27. The standard InChI is InChI=1S/C18H16FN7O5S/c1-20-32(28,29)25-16-15(19)12(4-5-21-16)10-26-9-11-2-3-13(8-14(11)31-18(26)27)30-17-22-6-7-23-24-17/h2-8,20H,9-10H2,1H3,(H,21,25). The van der Waals surface area contributed by atoms with Crippen LogP contribution in [0.3, 0.4) is 0 Å². The number of fused-ring (bicyclic) bond motifs is 1. The Morgan fingerprint density at radius 3 is 2.81 bits per heavy atom. The van der Waals surface area contributed by atoms with Gasteiger partial charge in [-0.1, -0.05) is 5.10 Å². The van der Waals surface area contributed by atoms with Crippen LogP contribution in [0.15, 0.2) is 42.9 Å². The van der Waals surface area contributed by atoms with Crippen molar-refractivity contribution in [3.8, 4) is 17.5 Å². The molecule has 0 fully saturated rings. The van der Waals surface area contributed by atoms with E-state index < -0.39 is 27.9 Å². The molecule has 3 aromatic rings. The Balaban J connectivity index is 1.50. The SMILES string of the molecule is CNS(=O)(=O)Nc1nccc(CN2Cc3ccc(Oc4nccnn4)cc3OC2=O)c1F. The molecular formula is C18H16FN7O5S. The third-order valence-electron chi connectivity index (χ3n) is 4.36. The van der Waals surface area contributed by atoms with Crippen molar-refractivity contribution in [3.63, 3.8) is 0 Å². The number of anilines is 1. The molecule has 0 saturated carbocycles. The van der Waals surface area contributed by atoms with Gasteiger partial charge in [0.25, 0.3) is 10.2 Å². The first kappa shape index (κ1) is 21.3. The molecule has 1 aromatic carbocycles. The van der Waals surface area contributed by atoms with Crippen molar-refractivity contribution >= 4 is 22.1 Å². The summed E-state index contributed by atoms with van der Waals surface area (Å²) in [6, 6.07) is 6.23. The fourth-order valence-corrected chi connectivity index (χ4v) is 3.32. The summed E-state index contributed by atoms with van der Waals surface area (Å²) < 4.78 is 52.8. The van der Waals surface area contributed by atoms with Crippen LogP contribution < -0.4 is 18.9 Å². The fraction of sp³-hybridized carbons (Fsp3) is 0.167. The molecule has 166 valence electrons. The number of amides is 1. The van der Waals surface area contributed by atoms with Crippen LogP contribution in [-0.4, -0.2) is 46.6 Å². The Morgan fingerprint density at radius 1 is 1.22 bits per heavy atom. The maximum absolute atomic E-state index is 14.7. The molecule has 12 nitrogen and oxygen atoms in total. The Morgan fingerprint density at radius 2 is 2.06 bits per heavy atom. The van der Waals surface area contributed by atoms with Gasteiger partial charge in [0.2, 0.25) is 0 Å². The van der Waals surface area contributed by atoms with Crippen molar-refractivity contribution in [2.45, 2.75) is 13.1 Å². The van der Waals surface area contributed by atoms with Gasteiger partial charge < -0.3 is 9.47 Å². The second kappa shape index (κ2) is 8.68. The molecule has 0 radical (unpaired) electrons. The van der Waals surface area contributed by atoms with Crippen LogP contribution in [0.25, 0.3) is 0 Å². The highest BCUT2D eigenvalue weighted by atomic mass is 32.2. The number of rotatable bonds is 7. The van der Waals surface area contributed by atoms with Crippen LogP contribution in [-0.2, 0) is 23.3 Å². The lowest BCUT2D eigenvalue weighted by atomic mass is 10.1. The number of benzene rings is 1. The van der Waals surface area contributed by atoms with Gasteiger partial charge in [-0.3, -0.25) is 9.62 Å². The lowest BCUT2D eigenvalue weighted by Crippen LogP contribution is -2.36. The molecule has 2 N–H and O–H groups in total. The van der Waals surface area contributed by atoms with E-state index >= 15 is 0 Å². The van der Waals surface area contributed by atoms with E-state index in [0.29, 0.717) is 11.3 Å². The zero-order valence-corrected chi connectivity index (χ0v) is 17.3. The first-order valence-corrected chi connectivity index (χ1v) is 10.6. The summed E-state index contributed by atoms with van der Waals surface area (Å²) >= 11 is 0. The minimum absolute atomic E-state index is 0.0362. The van der Waals surface area contributed by atoms with Crippen LogP contribution in [0.1, 0.15) is 11.1 Å². The molecule has 1 amide bonds. The molecule has 0 bridgehead atoms. The van der Waals surface area contributed by atoms with Crippen molar-refractivity contribution in [1.29, 1.82) is 0 Å². The number of carbonyl (C=O) groups is 1. The third-order valence-corrected chi connectivity index (χ3v) is 5.36. The average Bonchev–Trinajstić information content (AvgIpc) is 2.77. The molecule has 0 unspecified atom stereocenters. The van der Waals surface area contributed by atoms with Crippen molar-refractivity contribution in [2.24, 2.45) is 0 Å². The van der Waals surface area contributed by atoms with Gasteiger partial charge in [-0.25, -0.2) is 23.9 Å². The Hall–Kier alpha value is -3.91. The monoisotopic (exact) mass is 461 g/mol. The van der Waals surface area contributed by atoms with E-state index in [4.69, 9.17) is 9.47 Å². The number of halogens is 1. The second-order valence-corrected chi connectivity index (χ2v) is 8.08. The largest absolute Gasteiger partial charge is 0.423 e. The molecular weight excluding hydrogens is 445 g/mol. The number of nitrogens with zero attached hydrogens (tertiary/aromatic N) is 5. The van der Waals surface area contributed by atoms with Gasteiger partial charge >= 0.3 is 12.1 Å². The van der Waals surface area contributed by atoms with Crippen LogP contribution in [0, 0.1) is 5.82 Å². The van der Waals surface area contributed by atoms with E-state index in [1.165, 1.54) is 42.7 Å². The van der Waals surface area contributed by atoms with E-state index in [9.17, 15) is 17.6 Å². The Labute approximate surface area is 181 Å². The molecule has 1 aliphatic rings. The van der Waals surface area contributed by atoms with Crippen molar-refractivity contribution in [1.82, 2.24) is 29.8 Å². The van der Waals surface area contributed by atoms with E-state index in [0.717, 1.165) is 0 Å². The molecule has 0 saturated heterocycles. The number of aromatic nitrogens is 4. The molecule has 4 rings (SSSR count). The molecule has 14 heteroatoms. The first-order chi connectivity index (χ1) is 15.3. The van der Waals surface area contributed by atoms with Gasteiger partial charge in [-0.05, 0) is 18.2 Å². The second-order valence-electron chi connectivity index (χ2n) is 6.46. The summed E-state index contributed by atoms with van der Waals surface area (Å²) in [6.07, 6.45) is 3.35. The van der Waals surface area contributed by atoms with Crippen molar-refractivity contribution in [3.05, 3.63) is 59.8 Å². The minimum Gasteiger partial charge on any atom is -0.423 e. The first-order valence-electron chi connectivity index (χ1n) is 9.10. The lowest BCUT2D eigenvalue weighted by Gasteiger charge is -2.28. The third kappa shape index (κ3) is 4.70. The topological polar surface area (TPSA) is 149 Å². The summed E-state index contributed by atoms with van der Waals surface area (Å²) in [6.45, 7) is -0.0279. The Bertz CT molecular complexity index is 1260. The van der Waals surface area contributed by atoms with Crippen LogP contribution in [0.4, 0.5) is 15.0 Å². The number of ether oxygens (including phenoxy) is 2. The summed E-state index contributed by atoms with van der Waals surface area (Å²) in [5.74, 6) is -0.753. The fourth-order valence-electron chi connectivity index (χ4n) is 2.82. The summed E-state index contributed by atoms with van der Waals surface area (Å²) in [7, 11) is -2.78. The molecule has 2 aromatic heterocycles. The predicted octanol–water partition coefficient (Wildman–Crippen LogP) is 1.59. The number of pyridine rings is 1. The van der Waals surface area contributed by atoms with E-state index in [2.05, 4.69) is 20.2 Å². The number of hydrogen-bond acceptors (Lipinski definition) is 9. The van der Waals surface area contributed by atoms with Crippen LogP contribution in [0.2, 0.25) is 0 Å². The minimum atomic E-state index is -3.95. The molecule has 0 atom stereocenters. The summed E-state index contributed by atoms with van der Waals surface area (Å²) in [5, 5.41) is 7.38.